The summed E-state index contributed by atoms with van der Waals surface area (Å²) >= 11 is 0. The molecule has 0 bridgehead atoms. The number of ether oxygens (including phenoxy) is 2. The van der Waals surface area contributed by atoms with Crippen LogP contribution in [0.1, 0.15) is 15.9 Å². The molecule has 1 fully saturated rings. The number of carbonyl (C=O) groups excluding carboxylic acids is 1. The first-order valence-electron chi connectivity index (χ1n) is 9.25. The smallest absolute Gasteiger partial charge is 0.270 e. The van der Waals surface area contributed by atoms with Crippen molar-refractivity contribution < 1.29 is 19.2 Å². The van der Waals surface area contributed by atoms with Crippen LogP contribution in [0.25, 0.3) is 0 Å². The van der Waals surface area contributed by atoms with Crippen molar-refractivity contribution in [3.05, 3.63) is 63.7 Å². The second-order valence-electron chi connectivity index (χ2n) is 6.88. The zero-order valence-electron chi connectivity index (χ0n) is 15.4. The third kappa shape index (κ3) is 3.91. The van der Waals surface area contributed by atoms with Crippen molar-refractivity contribution in [3.63, 3.8) is 0 Å². The first-order valence-corrected chi connectivity index (χ1v) is 9.25. The largest absolute Gasteiger partial charge is 0.454 e. The average molecular weight is 383 g/mol. The number of benzene rings is 2. The molecule has 0 spiro atoms. The van der Waals surface area contributed by atoms with Gasteiger partial charge in [-0.1, -0.05) is 12.1 Å². The first kappa shape index (κ1) is 18.2. The number of hydrogen-bond acceptors (Lipinski definition) is 6. The Balaban J connectivity index is 1.29. The van der Waals surface area contributed by atoms with Crippen LogP contribution >= 0.6 is 0 Å². The molecule has 0 atom stereocenters. The first-order chi connectivity index (χ1) is 13.6. The zero-order chi connectivity index (χ0) is 19.5. The van der Waals surface area contributed by atoms with Crippen LogP contribution in [0.5, 0.6) is 11.5 Å². The van der Waals surface area contributed by atoms with Gasteiger partial charge < -0.3 is 14.4 Å². The van der Waals surface area contributed by atoms with Crippen molar-refractivity contribution in [1.82, 2.24) is 9.80 Å². The Hall–Kier alpha value is -3.13. The number of nitro benzene ring substituents is 1. The summed E-state index contributed by atoms with van der Waals surface area (Å²) < 4.78 is 10.7. The minimum absolute atomic E-state index is 0.0618. The van der Waals surface area contributed by atoms with Gasteiger partial charge in [0.15, 0.2) is 11.5 Å². The molecule has 0 unspecified atom stereocenters. The molecule has 4 rings (SSSR count). The molecule has 2 aromatic rings. The van der Waals surface area contributed by atoms with E-state index in [1.165, 1.54) is 17.7 Å². The number of nitrogens with zero attached hydrogens (tertiary/aromatic N) is 3. The van der Waals surface area contributed by atoms with E-state index in [9.17, 15) is 14.9 Å². The van der Waals surface area contributed by atoms with E-state index in [1.54, 1.807) is 17.0 Å². The fraction of sp³-hybridized carbons (Fsp3) is 0.350. The van der Waals surface area contributed by atoms with Gasteiger partial charge in [-0.15, -0.1) is 0 Å². The Morgan fingerprint density at radius 1 is 1.04 bits per heavy atom. The lowest BCUT2D eigenvalue weighted by Crippen LogP contribution is -2.49. The summed E-state index contributed by atoms with van der Waals surface area (Å²) in [6, 6.07) is 11.9. The van der Waals surface area contributed by atoms with Gasteiger partial charge in [-0.05, 0) is 30.2 Å². The lowest BCUT2D eigenvalue weighted by molar-refractivity contribution is -0.384. The number of non-ortho nitro benzene ring substituents is 1. The predicted octanol–water partition coefficient (Wildman–Crippen LogP) is 2.32. The SMILES string of the molecule is O=C(c1cccc([N+](=O)[O-])c1)N1CCN(CCc2ccc3c(c2)OCO3)CC1. The van der Waals surface area contributed by atoms with Gasteiger partial charge in [0, 0.05) is 50.4 Å². The van der Waals surface area contributed by atoms with E-state index in [0.29, 0.717) is 18.7 Å². The number of amides is 1. The Kier molecular flexibility index (Phi) is 5.12. The molecule has 0 aliphatic carbocycles. The van der Waals surface area contributed by atoms with Crippen LogP contribution in [-0.2, 0) is 6.42 Å². The molecule has 2 aliphatic heterocycles. The maximum atomic E-state index is 12.6. The van der Waals surface area contributed by atoms with Crippen LogP contribution in [0.3, 0.4) is 0 Å². The van der Waals surface area contributed by atoms with E-state index in [0.717, 1.165) is 37.6 Å². The van der Waals surface area contributed by atoms with E-state index < -0.39 is 4.92 Å². The summed E-state index contributed by atoms with van der Waals surface area (Å²) in [5, 5.41) is 10.9. The van der Waals surface area contributed by atoms with Crippen LogP contribution in [0.2, 0.25) is 0 Å². The lowest BCUT2D eigenvalue weighted by atomic mass is 10.1. The highest BCUT2D eigenvalue weighted by atomic mass is 16.7. The summed E-state index contributed by atoms with van der Waals surface area (Å²) in [5.41, 5.74) is 1.50. The Morgan fingerprint density at radius 3 is 2.61 bits per heavy atom. The van der Waals surface area contributed by atoms with E-state index >= 15 is 0 Å². The van der Waals surface area contributed by atoms with Gasteiger partial charge in [0.2, 0.25) is 6.79 Å². The fourth-order valence-electron chi connectivity index (χ4n) is 3.49. The second kappa shape index (κ2) is 7.85. The van der Waals surface area contributed by atoms with Crippen molar-refractivity contribution in [3.8, 4) is 11.5 Å². The highest BCUT2D eigenvalue weighted by Gasteiger charge is 2.23. The number of rotatable bonds is 5. The highest BCUT2D eigenvalue weighted by Crippen LogP contribution is 2.32. The Bertz CT molecular complexity index is 893. The molecule has 0 N–H and O–H groups in total. The summed E-state index contributed by atoms with van der Waals surface area (Å²) in [4.78, 5) is 27.1. The highest BCUT2D eigenvalue weighted by molar-refractivity contribution is 5.94. The van der Waals surface area contributed by atoms with Crippen molar-refractivity contribution in [2.45, 2.75) is 6.42 Å². The number of hydrogen-bond donors (Lipinski definition) is 0. The minimum atomic E-state index is -0.481. The summed E-state index contributed by atoms with van der Waals surface area (Å²) in [5.74, 6) is 1.43. The monoisotopic (exact) mass is 383 g/mol. The second-order valence-corrected chi connectivity index (χ2v) is 6.88. The molecule has 1 saturated heterocycles. The van der Waals surface area contributed by atoms with Crippen molar-refractivity contribution >= 4 is 11.6 Å². The molecule has 2 aromatic carbocycles. The van der Waals surface area contributed by atoms with Crippen molar-refractivity contribution in [2.24, 2.45) is 0 Å². The van der Waals surface area contributed by atoms with E-state index in [1.807, 2.05) is 12.1 Å². The van der Waals surface area contributed by atoms with Gasteiger partial charge in [0.05, 0.1) is 4.92 Å². The zero-order valence-corrected chi connectivity index (χ0v) is 15.4. The summed E-state index contributed by atoms with van der Waals surface area (Å²) in [6.45, 7) is 3.97. The van der Waals surface area contributed by atoms with E-state index in [2.05, 4.69) is 11.0 Å². The third-order valence-electron chi connectivity index (χ3n) is 5.12. The molecular formula is C20H21N3O5. The molecule has 8 heteroatoms. The van der Waals surface area contributed by atoms with E-state index in [4.69, 9.17) is 9.47 Å². The van der Waals surface area contributed by atoms with Gasteiger partial charge >= 0.3 is 0 Å². The van der Waals surface area contributed by atoms with Gasteiger partial charge in [0.1, 0.15) is 0 Å². The molecule has 1 amide bonds. The maximum absolute atomic E-state index is 12.6. The topological polar surface area (TPSA) is 85.2 Å². The normalized spacial score (nSPS) is 16.2. The molecule has 0 saturated carbocycles. The van der Waals surface area contributed by atoms with Gasteiger partial charge in [0.25, 0.3) is 11.6 Å². The number of piperazine rings is 1. The molecule has 0 aromatic heterocycles. The van der Waals surface area contributed by atoms with Crippen LogP contribution in [0.15, 0.2) is 42.5 Å². The number of carbonyl (C=O) groups is 1. The Labute approximate surface area is 162 Å². The molecule has 2 aliphatic rings. The third-order valence-corrected chi connectivity index (χ3v) is 5.12. The van der Waals surface area contributed by atoms with Crippen LogP contribution in [-0.4, -0.2) is 60.1 Å². The van der Waals surface area contributed by atoms with Crippen LogP contribution < -0.4 is 9.47 Å². The summed E-state index contributed by atoms with van der Waals surface area (Å²) in [7, 11) is 0. The maximum Gasteiger partial charge on any atom is 0.270 e. The standard InChI is InChI=1S/C20H21N3O5/c24-20(16-2-1-3-17(13-16)23(25)26)22-10-8-21(9-11-22)7-6-15-4-5-18-19(12-15)28-14-27-18/h1-5,12-13H,6-11,14H2. The Morgan fingerprint density at radius 2 is 1.82 bits per heavy atom. The quantitative estimate of drug-likeness (QED) is 0.582. The van der Waals surface area contributed by atoms with Crippen LogP contribution in [0, 0.1) is 10.1 Å². The van der Waals surface area contributed by atoms with Gasteiger partial charge in [-0.25, -0.2) is 0 Å². The lowest BCUT2D eigenvalue weighted by Gasteiger charge is -2.34. The van der Waals surface area contributed by atoms with Gasteiger partial charge in [-0.2, -0.15) is 0 Å². The number of nitro groups is 1. The average Bonchev–Trinajstić information content (AvgIpc) is 3.20. The molecule has 146 valence electrons. The molecule has 28 heavy (non-hydrogen) atoms. The predicted molar refractivity (Wildman–Crippen MR) is 102 cm³/mol. The molecule has 0 radical (unpaired) electrons. The molecule has 2 heterocycles. The fourth-order valence-corrected chi connectivity index (χ4v) is 3.49. The van der Waals surface area contributed by atoms with E-state index in [-0.39, 0.29) is 18.4 Å². The number of fused-ring (bicyclic) bond motifs is 1. The van der Waals surface area contributed by atoms with Crippen LogP contribution in [0.4, 0.5) is 5.69 Å². The van der Waals surface area contributed by atoms with Crippen molar-refractivity contribution in [1.29, 1.82) is 0 Å². The summed E-state index contributed by atoms with van der Waals surface area (Å²) in [6.07, 6.45) is 0.898. The van der Waals surface area contributed by atoms with Gasteiger partial charge in [-0.3, -0.25) is 19.8 Å². The molecule has 8 nitrogen and oxygen atoms in total. The van der Waals surface area contributed by atoms with Crippen molar-refractivity contribution in [2.75, 3.05) is 39.5 Å². The molecular weight excluding hydrogens is 362 g/mol. The minimum Gasteiger partial charge on any atom is -0.454 e.